The van der Waals surface area contributed by atoms with Gasteiger partial charge in [0, 0.05) is 38.3 Å². The number of nitrogens with zero attached hydrogens (tertiary/aromatic N) is 4. The molecule has 2 aromatic carbocycles. The largest absolute Gasteiger partial charge is 0.495 e. The van der Waals surface area contributed by atoms with Crippen molar-refractivity contribution < 1.29 is 19.2 Å². The summed E-state index contributed by atoms with van der Waals surface area (Å²) in [4.78, 5) is 42.0. The molecule has 3 aliphatic heterocycles. The third-order valence-corrected chi connectivity index (χ3v) is 7.27. The van der Waals surface area contributed by atoms with E-state index in [9.17, 15) is 19.7 Å². The van der Waals surface area contributed by atoms with E-state index in [0.717, 1.165) is 50.1 Å². The van der Waals surface area contributed by atoms with Gasteiger partial charge < -0.3 is 14.5 Å². The number of rotatable bonds is 7. The molecule has 2 saturated heterocycles. The number of hydrogen-bond acceptors (Lipinski definition) is 7. The Bertz CT molecular complexity index is 1170. The third kappa shape index (κ3) is 3.88. The molecule has 2 fully saturated rings. The minimum atomic E-state index is -0.651. The predicted molar refractivity (Wildman–Crippen MR) is 127 cm³/mol. The van der Waals surface area contributed by atoms with Crippen LogP contribution in [-0.4, -0.2) is 72.4 Å². The maximum atomic E-state index is 12.8. The average molecular weight is 485 g/mol. The Balaban J connectivity index is 1.20. The molecule has 5 rings (SSSR count). The smallest absolute Gasteiger partial charge is 0.288 e. The molecule has 2 atom stereocenters. The predicted octanol–water partition coefficient (Wildman–Crippen LogP) is 3.45. The number of amides is 2. The lowest BCUT2D eigenvalue weighted by molar-refractivity contribution is -0.384. The summed E-state index contributed by atoms with van der Waals surface area (Å²) in [6, 6.07) is 10.8. The van der Waals surface area contributed by atoms with E-state index < -0.39 is 16.7 Å². The number of hydrogen-bond donors (Lipinski definition) is 0. The number of para-hydroxylation sites is 2. The zero-order valence-corrected chi connectivity index (χ0v) is 19.5. The fraction of sp³-hybridized carbons (Fsp3) is 0.417. The van der Waals surface area contributed by atoms with Gasteiger partial charge in [0.25, 0.3) is 17.5 Å². The highest BCUT2D eigenvalue weighted by Crippen LogP contribution is 2.38. The first-order valence-corrected chi connectivity index (χ1v) is 11.7. The number of benzene rings is 2. The first-order valence-electron chi connectivity index (χ1n) is 11.3. The van der Waals surface area contributed by atoms with Crippen LogP contribution in [0.5, 0.6) is 5.75 Å². The molecule has 0 unspecified atom stereocenters. The summed E-state index contributed by atoms with van der Waals surface area (Å²) in [6.07, 6.45) is 1.78. The number of carbonyl (C=O) groups excluding carboxylic acids is 2. The van der Waals surface area contributed by atoms with E-state index in [1.807, 2.05) is 18.2 Å². The SMILES string of the molecule is COc1ccccc1N1C[C@H]2C[C@@H]1CN(CCCN1C(=O)c3cc(Cl)c([N+](=O)[O-])cc3C1=O)C2. The summed E-state index contributed by atoms with van der Waals surface area (Å²) < 4.78 is 5.56. The minimum Gasteiger partial charge on any atom is -0.495 e. The topological polar surface area (TPSA) is 96.2 Å². The summed E-state index contributed by atoms with van der Waals surface area (Å²) in [7, 11) is 1.69. The van der Waals surface area contributed by atoms with Crippen molar-refractivity contribution in [3.63, 3.8) is 0 Å². The normalized spacial score (nSPS) is 21.8. The third-order valence-electron chi connectivity index (χ3n) is 6.97. The zero-order valence-electron chi connectivity index (χ0n) is 18.8. The number of carbonyl (C=O) groups is 2. The summed E-state index contributed by atoms with van der Waals surface area (Å²) in [6.45, 7) is 3.91. The second-order valence-electron chi connectivity index (χ2n) is 9.06. The van der Waals surface area contributed by atoms with Gasteiger partial charge in [0.05, 0.1) is 28.8 Å². The van der Waals surface area contributed by atoms with E-state index in [0.29, 0.717) is 18.4 Å². The van der Waals surface area contributed by atoms with E-state index in [1.54, 1.807) is 7.11 Å². The fourth-order valence-electron chi connectivity index (χ4n) is 5.50. The number of piperidine rings is 1. The molecule has 10 heteroatoms. The van der Waals surface area contributed by atoms with Crippen LogP contribution < -0.4 is 9.64 Å². The van der Waals surface area contributed by atoms with Crippen LogP contribution in [0.3, 0.4) is 0 Å². The monoisotopic (exact) mass is 484 g/mol. The zero-order chi connectivity index (χ0) is 24.0. The molecule has 2 aromatic rings. The molecular weight excluding hydrogens is 460 g/mol. The highest BCUT2D eigenvalue weighted by molar-refractivity contribution is 6.34. The number of imide groups is 1. The Kier molecular flexibility index (Phi) is 5.91. The number of nitro benzene ring substituents is 1. The molecule has 0 radical (unpaired) electrons. The maximum absolute atomic E-state index is 12.8. The van der Waals surface area contributed by atoms with Gasteiger partial charge in [-0.15, -0.1) is 0 Å². The lowest BCUT2D eigenvalue weighted by Crippen LogP contribution is -2.43. The number of methoxy groups -OCH3 is 1. The van der Waals surface area contributed by atoms with Crippen molar-refractivity contribution in [1.29, 1.82) is 0 Å². The van der Waals surface area contributed by atoms with Gasteiger partial charge in [0.1, 0.15) is 10.8 Å². The molecule has 3 aliphatic rings. The second-order valence-corrected chi connectivity index (χ2v) is 9.47. The van der Waals surface area contributed by atoms with Gasteiger partial charge >= 0.3 is 0 Å². The lowest BCUT2D eigenvalue weighted by Gasteiger charge is -2.34. The summed E-state index contributed by atoms with van der Waals surface area (Å²) in [5.41, 5.74) is 0.929. The fourth-order valence-corrected chi connectivity index (χ4v) is 5.73. The molecule has 2 amide bonds. The Morgan fingerprint density at radius 2 is 1.82 bits per heavy atom. The molecule has 0 aliphatic carbocycles. The van der Waals surface area contributed by atoms with Crippen LogP contribution in [0.1, 0.15) is 33.6 Å². The van der Waals surface area contributed by atoms with Gasteiger partial charge in [-0.25, -0.2) is 0 Å². The molecule has 9 nitrogen and oxygen atoms in total. The van der Waals surface area contributed by atoms with E-state index >= 15 is 0 Å². The van der Waals surface area contributed by atoms with Crippen molar-refractivity contribution in [2.75, 3.05) is 44.7 Å². The first-order chi connectivity index (χ1) is 16.4. The minimum absolute atomic E-state index is 0.0459. The van der Waals surface area contributed by atoms with Gasteiger partial charge in [-0.2, -0.15) is 0 Å². The Morgan fingerprint density at radius 3 is 2.56 bits per heavy atom. The molecule has 0 saturated carbocycles. The van der Waals surface area contributed by atoms with Crippen LogP contribution in [0.4, 0.5) is 11.4 Å². The van der Waals surface area contributed by atoms with Crippen molar-refractivity contribution in [1.82, 2.24) is 9.80 Å². The molecule has 3 heterocycles. The van der Waals surface area contributed by atoms with E-state index in [2.05, 4.69) is 15.9 Å². The molecule has 0 aromatic heterocycles. The number of halogens is 1. The maximum Gasteiger partial charge on any atom is 0.288 e. The second kappa shape index (κ2) is 8.88. The number of fused-ring (bicyclic) bond motifs is 3. The number of ether oxygens (including phenoxy) is 1. The lowest BCUT2D eigenvalue weighted by atomic mass is 10.00. The van der Waals surface area contributed by atoms with Crippen LogP contribution in [0.2, 0.25) is 5.02 Å². The molecule has 2 bridgehead atoms. The summed E-state index contributed by atoms with van der Waals surface area (Å²) >= 11 is 5.94. The van der Waals surface area contributed by atoms with Crippen LogP contribution in [0, 0.1) is 16.0 Å². The van der Waals surface area contributed by atoms with Crippen LogP contribution in [0.15, 0.2) is 36.4 Å². The summed E-state index contributed by atoms with van der Waals surface area (Å²) in [5.74, 6) is 0.497. The van der Waals surface area contributed by atoms with Crippen molar-refractivity contribution in [2.24, 2.45) is 5.92 Å². The van der Waals surface area contributed by atoms with Crippen LogP contribution >= 0.6 is 11.6 Å². The standard InChI is InChI=1S/C24H25ClN4O5/c1-34-22-6-3-2-5-20(22)28-13-15-9-16(28)14-26(12-15)7-4-8-27-23(30)17-10-19(25)21(29(32)33)11-18(17)24(27)31/h2-3,5-6,10-11,15-16H,4,7-9,12-14H2,1H3/t15-,16+/m0/s1. The Morgan fingerprint density at radius 1 is 1.09 bits per heavy atom. The van der Waals surface area contributed by atoms with Crippen molar-refractivity contribution >= 4 is 34.8 Å². The summed E-state index contributed by atoms with van der Waals surface area (Å²) in [5, 5.41) is 11.0. The average Bonchev–Trinajstić information content (AvgIpc) is 3.25. The van der Waals surface area contributed by atoms with Gasteiger partial charge in [-0.1, -0.05) is 23.7 Å². The highest BCUT2D eigenvalue weighted by Gasteiger charge is 2.40. The number of nitro groups is 1. The van der Waals surface area contributed by atoms with Gasteiger partial charge in [-0.05, 0) is 43.5 Å². The Hall–Kier alpha value is -3.17. The first kappa shape index (κ1) is 22.6. The van der Waals surface area contributed by atoms with Crippen molar-refractivity contribution in [3.8, 4) is 5.75 Å². The van der Waals surface area contributed by atoms with Gasteiger partial charge in [0.2, 0.25) is 0 Å². The molecule has 34 heavy (non-hydrogen) atoms. The van der Waals surface area contributed by atoms with E-state index in [4.69, 9.17) is 16.3 Å². The number of likely N-dealkylation sites (tertiary alicyclic amines) is 1. The number of anilines is 1. The van der Waals surface area contributed by atoms with Gasteiger partial charge in [-0.3, -0.25) is 24.6 Å². The molecule has 0 N–H and O–H groups in total. The van der Waals surface area contributed by atoms with Crippen molar-refractivity contribution in [3.05, 3.63) is 62.7 Å². The van der Waals surface area contributed by atoms with Crippen molar-refractivity contribution in [2.45, 2.75) is 18.9 Å². The quantitative estimate of drug-likeness (QED) is 0.337. The Labute approximate surface area is 202 Å². The van der Waals surface area contributed by atoms with Crippen LogP contribution in [-0.2, 0) is 0 Å². The van der Waals surface area contributed by atoms with E-state index in [1.165, 1.54) is 11.0 Å². The molecule has 0 spiro atoms. The highest BCUT2D eigenvalue weighted by atomic mass is 35.5. The van der Waals surface area contributed by atoms with Crippen LogP contribution in [0.25, 0.3) is 0 Å². The molecular formula is C24H25ClN4O5. The van der Waals surface area contributed by atoms with Gasteiger partial charge in [0.15, 0.2) is 0 Å². The van der Waals surface area contributed by atoms with E-state index in [-0.39, 0.29) is 28.4 Å². The molecule has 178 valence electrons.